The van der Waals surface area contributed by atoms with Gasteiger partial charge >= 0.3 is 0 Å². The topological polar surface area (TPSA) is 29.1 Å². The molecule has 1 amide bonds. The van der Waals surface area contributed by atoms with Crippen LogP contribution in [0, 0.1) is 5.82 Å². The number of anilines is 1. The molecule has 0 aliphatic rings. The van der Waals surface area contributed by atoms with Crippen molar-refractivity contribution in [2.45, 2.75) is 12.8 Å². The van der Waals surface area contributed by atoms with E-state index in [0.717, 1.165) is 5.56 Å². The molecule has 0 atom stereocenters. The highest BCUT2D eigenvalue weighted by Gasteiger charge is 2.07. The van der Waals surface area contributed by atoms with E-state index in [1.165, 1.54) is 18.2 Å². The summed E-state index contributed by atoms with van der Waals surface area (Å²) in [7, 11) is 0. The van der Waals surface area contributed by atoms with Gasteiger partial charge in [0.25, 0.3) is 0 Å². The zero-order valence-electron chi connectivity index (χ0n) is 10.2. The van der Waals surface area contributed by atoms with Gasteiger partial charge in [0, 0.05) is 11.4 Å². The van der Waals surface area contributed by atoms with E-state index >= 15 is 0 Å². The van der Waals surface area contributed by atoms with E-state index in [2.05, 4.69) is 5.32 Å². The van der Waals surface area contributed by atoms with Crippen LogP contribution in [0.3, 0.4) is 0 Å². The molecule has 19 heavy (non-hydrogen) atoms. The standard InChI is InChI=1S/C15H13ClFNO/c16-12-7-8-14(13(17)10-12)18-15(19)9-6-11-4-2-1-3-5-11/h1-5,7-8,10H,6,9H2,(H,18,19). The molecule has 0 aromatic heterocycles. The summed E-state index contributed by atoms with van der Waals surface area (Å²) in [6.45, 7) is 0. The maximum atomic E-state index is 13.5. The third kappa shape index (κ3) is 4.07. The summed E-state index contributed by atoms with van der Waals surface area (Å²) >= 11 is 5.64. The Morgan fingerprint density at radius 1 is 1.16 bits per heavy atom. The number of hydrogen-bond acceptors (Lipinski definition) is 1. The number of amides is 1. The van der Waals surface area contributed by atoms with Crippen LogP contribution in [0.4, 0.5) is 10.1 Å². The molecular weight excluding hydrogens is 265 g/mol. The first-order valence-electron chi connectivity index (χ1n) is 5.94. The highest BCUT2D eigenvalue weighted by Crippen LogP contribution is 2.19. The molecule has 0 saturated carbocycles. The lowest BCUT2D eigenvalue weighted by atomic mass is 10.1. The normalized spacial score (nSPS) is 10.2. The van der Waals surface area contributed by atoms with Gasteiger partial charge in [-0.15, -0.1) is 0 Å². The number of benzene rings is 2. The summed E-state index contributed by atoms with van der Waals surface area (Å²) in [4.78, 5) is 11.7. The molecule has 1 N–H and O–H groups in total. The number of halogens is 2. The van der Waals surface area contributed by atoms with Crippen LogP contribution in [0.2, 0.25) is 5.02 Å². The second-order valence-electron chi connectivity index (χ2n) is 4.16. The fraction of sp³-hybridized carbons (Fsp3) is 0.133. The Bertz CT molecular complexity index is 572. The van der Waals surface area contributed by atoms with Crippen molar-refractivity contribution in [2.75, 3.05) is 5.32 Å². The van der Waals surface area contributed by atoms with Crippen LogP contribution < -0.4 is 5.32 Å². The lowest BCUT2D eigenvalue weighted by Gasteiger charge is -2.06. The average molecular weight is 278 g/mol. The van der Waals surface area contributed by atoms with Crippen molar-refractivity contribution in [1.29, 1.82) is 0 Å². The minimum absolute atomic E-state index is 0.155. The molecule has 0 aliphatic heterocycles. The minimum Gasteiger partial charge on any atom is -0.324 e. The number of nitrogens with one attached hydrogen (secondary N) is 1. The minimum atomic E-state index is -0.527. The van der Waals surface area contributed by atoms with Crippen LogP contribution >= 0.6 is 11.6 Å². The van der Waals surface area contributed by atoms with Crippen LogP contribution in [-0.2, 0) is 11.2 Å². The van der Waals surface area contributed by atoms with E-state index in [9.17, 15) is 9.18 Å². The fourth-order valence-electron chi connectivity index (χ4n) is 1.71. The smallest absolute Gasteiger partial charge is 0.224 e. The number of hydrogen-bond donors (Lipinski definition) is 1. The second-order valence-corrected chi connectivity index (χ2v) is 4.59. The monoisotopic (exact) mass is 277 g/mol. The lowest BCUT2D eigenvalue weighted by molar-refractivity contribution is -0.116. The van der Waals surface area contributed by atoms with Crippen LogP contribution in [0.1, 0.15) is 12.0 Å². The molecule has 2 aromatic carbocycles. The Morgan fingerprint density at radius 3 is 2.58 bits per heavy atom. The highest BCUT2D eigenvalue weighted by atomic mass is 35.5. The molecule has 0 fully saturated rings. The number of aryl methyl sites for hydroxylation is 1. The molecule has 98 valence electrons. The van der Waals surface area contributed by atoms with Crippen molar-refractivity contribution in [1.82, 2.24) is 0 Å². The predicted molar refractivity (Wildman–Crippen MR) is 74.8 cm³/mol. The van der Waals surface area contributed by atoms with Crippen molar-refractivity contribution < 1.29 is 9.18 Å². The second kappa shape index (κ2) is 6.34. The van der Waals surface area contributed by atoms with Gasteiger partial charge in [-0.2, -0.15) is 0 Å². The first-order valence-corrected chi connectivity index (χ1v) is 6.32. The summed E-state index contributed by atoms with van der Waals surface area (Å²) < 4.78 is 13.5. The van der Waals surface area contributed by atoms with Gasteiger partial charge in [-0.05, 0) is 30.2 Å². The van der Waals surface area contributed by atoms with Gasteiger partial charge < -0.3 is 5.32 Å². The first-order chi connectivity index (χ1) is 9.15. The van der Waals surface area contributed by atoms with Crippen molar-refractivity contribution in [3.8, 4) is 0 Å². The van der Waals surface area contributed by atoms with Crippen LogP contribution in [0.5, 0.6) is 0 Å². The average Bonchev–Trinajstić information content (AvgIpc) is 2.41. The maximum Gasteiger partial charge on any atom is 0.224 e. The van der Waals surface area contributed by atoms with Crippen LogP contribution in [-0.4, -0.2) is 5.91 Å². The molecule has 2 rings (SSSR count). The van der Waals surface area contributed by atoms with Gasteiger partial charge in [-0.1, -0.05) is 41.9 Å². The van der Waals surface area contributed by atoms with Crippen molar-refractivity contribution >= 4 is 23.2 Å². The van der Waals surface area contributed by atoms with Gasteiger partial charge in [0.15, 0.2) is 0 Å². The SMILES string of the molecule is O=C(CCc1ccccc1)Nc1ccc(Cl)cc1F. The summed E-state index contributed by atoms with van der Waals surface area (Å²) in [6, 6.07) is 13.8. The molecule has 4 heteroatoms. The first kappa shape index (κ1) is 13.6. The zero-order chi connectivity index (χ0) is 13.7. The van der Waals surface area contributed by atoms with Gasteiger partial charge in [0.1, 0.15) is 5.82 Å². The van der Waals surface area contributed by atoms with Gasteiger partial charge in [-0.3, -0.25) is 4.79 Å². The molecule has 0 radical (unpaired) electrons. The molecule has 0 spiro atoms. The van der Waals surface area contributed by atoms with E-state index in [-0.39, 0.29) is 11.6 Å². The quantitative estimate of drug-likeness (QED) is 0.897. The highest BCUT2D eigenvalue weighted by molar-refractivity contribution is 6.30. The Hall–Kier alpha value is -1.87. The van der Waals surface area contributed by atoms with E-state index in [0.29, 0.717) is 17.9 Å². The Morgan fingerprint density at radius 2 is 1.89 bits per heavy atom. The fourth-order valence-corrected chi connectivity index (χ4v) is 1.86. The third-order valence-corrected chi connectivity index (χ3v) is 2.92. The largest absolute Gasteiger partial charge is 0.324 e. The molecule has 2 aromatic rings. The van der Waals surface area contributed by atoms with E-state index in [1.807, 2.05) is 30.3 Å². The Kier molecular flexibility index (Phi) is 4.53. The predicted octanol–water partition coefficient (Wildman–Crippen LogP) is 4.05. The summed E-state index contributed by atoms with van der Waals surface area (Å²) in [5, 5.41) is 2.84. The number of rotatable bonds is 4. The summed E-state index contributed by atoms with van der Waals surface area (Å²) in [5.41, 5.74) is 1.23. The molecule has 0 heterocycles. The van der Waals surface area contributed by atoms with Crippen LogP contribution in [0.25, 0.3) is 0 Å². The summed E-state index contributed by atoms with van der Waals surface area (Å²) in [6.07, 6.45) is 0.938. The zero-order valence-corrected chi connectivity index (χ0v) is 11.0. The van der Waals surface area contributed by atoms with Gasteiger partial charge in [0.05, 0.1) is 5.69 Å². The maximum absolute atomic E-state index is 13.5. The van der Waals surface area contributed by atoms with Crippen molar-refractivity contribution in [3.63, 3.8) is 0 Å². The third-order valence-electron chi connectivity index (χ3n) is 2.69. The van der Waals surface area contributed by atoms with E-state index in [4.69, 9.17) is 11.6 Å². The molecule has 0 bridgehead atoms. The summed E-state index contributed by atoms with van der Waals surface area (Å²) in [5.74, 6) is -0.745. The lowest BCUT2D eigenvalue weighted by Crippen LogP contribution is -2.13. The van der Waals surface area contributed by atoms with E-state index in [1.54, 1.807) is 0 Å². The molecular formula is C15H13ClFNO. The number of carbonyl (C=O) groups excluding carboxylic acids is 1. The van der Waals surface area contributed by atoms with Gasteiger partial charge in [0.2, 0.25) is 5.91 Å². The van der Waals surface area contributed by atoms with Crippen molar-refractivity contribution in [2.24, 2.45) is 0 Å². The molecule has 0 unspecified atom stereocenters. The molecule has 0 aliphatic carbocycles. The van der Waals surface area contributed by atoms with Gasteiger partial charge in [-0.25, -0.2) is 4.39 Å². The van der Waals surface area contributed by atoms with E-state index < -0.39 is 5.82 Å². The van der Waals surface area contributed by atoms with Crippen LogP contribution in [0.15, 0.2) is 48.5 Å². The number of carbonyl (C=O) groups is 1. The van der Waals surface area contributed by atoms with Crippen molar-refractivity contribution in [3.05, 3.63) is 64.9 Å². The Balaban J connectivity index is 1.91. The molecule has 2 nitrogen and oxygen atoms in total. The molecule has 0 saturated heterocycles. The Labute approximate surface area is 116 Å².